The van der Waals surface area contributed by atoms with Crippen LogP contribution >= 0.6 is 0 Å². The minimum absolute atomic E-state index is 0.0896. The summed E-state index contributed by atoms with van der Waals surface area (Å²) in [6, 6.07) is 0. The zero-order valence-corrected chi connectivity index (χ0v) is 14.5. The van der Waals surface area contributed by atoms with E-state index in [-0.39, 0.29) is 5.60 Å². The van der Waals surface area contributed by atoms with E-state index in [1.165, 1.54) is 51.5 Å². The van der Waals surface area contributed by atoms with E-state index in [2.05, 4.69) is 37.9 Å². The molecule has 0 aromatic carbocycles. The van der Waals surface area contributed by atoms with Crippen LogP contribution in [0.5, 0.6) is 0 Å². The first-order chi connectivity index (χ1) is 9.87. The van der Waals surface area contributed by atoms with E-state index in [4.69, 9.17) is 4.74 Å². The molecule has 3 nitrogen and oxygen atoms in total. The number of ether oxygens (including phenoxy) is 1. The van der Waals surface area contributed by atoms with Crippen LogP contribution in [0.15, 0.2) is 0 Å². The average molecular weight is 294 g/mol. The topological polar surface area (TPSA) is 24.5 Å². The van der Waals surface area contributed by atoms with Crippen LogP contribution in [0.25, 0.3) is 0 Å². The molecule has 3 fully saturated rings. The molecule has 2 aliphatic heterocycles. The second-order valence-electron chi connectivity index (χ2n) is 8.61. The van der Waals surface area contributed by atoms with E-state index in [0.717, 1.165) is 13.1 Å². The van der Waals surface area contributed by atoms with Gasteiger partial charge in [0.15, 0.2) is 0 Å². The van der Waals surface area contributed by atoms with Gasteiger partial charge >= 0.3 is 0 Å². The molecule has 0 bridgehead atoms. The van der Waals surface area contributed by atoms with Crippen molar-refractivity contribution < 1.29 is 4.74 Å². The largest absolute Gasteiger partial charge is 0.371 e. The molecule has 2 atom stereocenters. The van der Waals surface area contributed by atoms with E-state index in [9.17, 15) is 0 Å². The molecule has 122 valence electrons. The molecule has 0 amide bonds. The minimum Gasteiger partial charge on any atom is -0.371 e. The number of rotatable bonds is 3. The predicted octanol–water partition coefficient (Wildman–Crippen LogP) is 3.33. The lowest BCUT2D eigenvalue weighted by atomic mass is 9.84. The lowest BCUT2D eigenvalue weighted by molar-refractivity contribution is -0.0619. The zero-order chi connectivity index (χ0) is 15.1. The summed E-state index contributed by atoms with van der Waals surface area (Å²) in [6.07, 6.45) is 9.60. The molecule has 0 radical (unpaired) electrons. The molecular formula is C18H34N2O. The van der Waals surface area contributed by atoms with E-state index < -0.39 is 0 Å². The van der Waals surface area contributed by atoms with Crippen molar-refractivity contribution in [2.45, 2.75) is 95.4 Å². The van der Waals surface area contributed by atoms with Crippen molar-refractivity contribution in [2.75, 3.05) is 19.6 Å². The van der Waals surface area contributed by atoms with Gasteiger partial charge in [0.05, 0.1) is 11.7 Å². The smallest absolute Gasteiger partial charge is 0.0710 e. The van der Waals surface area contributed by atoms with Crippen LogP contribution in [0.2, 0.25) is 0 Å². The molecule has 1 aliphatic carbocycles. The second-order valence-corrected chi connectivity index (χ2v) is 8.61. The summed E-state index contributed by atoms with van der Waals surface area (Å²) in [5, 5.41) is 3.92. The van der Waals surface area contributed by atoms with Gasteiger partial charge in [0.1, 0.15) is 0 Å². The van der Waals surface area contributed by atoms with Gasteiger partial charge in [0.25, 0.3) is 0 Å². The van der Waals surface area contributed by atoms with Gasteiger partial charge in [-0.3, -0.25) is 4.90 Å². The Kier molecular flexibility index (Phi) is 4.13. The lowest BCUT2D eigenvalue weighted by Gasteiger charge is -2.53. The first-order valence-electron chi connectivity index (χ1n) is 9.04. The van der Waals surface area contributed by atoms with Crippen molar-refractivity contribution in [3.63, 3.8) is 0 Å². The molecule has 3 aliphatic rings. The van der Waals surface area contributed by atoms with Gasteiger partial charge in [-0.1, -0.05) is 19.8 Å². The van der Waals surface area contributed by atoms with Gasteiger partial charge in [0, 0.05) is 30.7 Å². The maximum atomic E-state index is 6.28. The van der Waals surface area contributed by atoms with Crippen LogP contribution in [0.1, 0.15) is 72.6 Å². The Hall–Kier alpha value is -0.120. The fraction of sp³-hybridized carbons (Fsp3) is 1.00. The van der Waals surface area contributed by atoms with Crippen LogP contribution in [0.4, 0.5) is 0 Å². The summed E-state index contributed by atoms with van der Waals surface area (Å²) in [4.78, 5) is 2.76. The van der Waals surface area contributed by atoms with Gasteiger partial charge in [-0.25, -0.2) is 0 Å². The maximum absolute atomic E-state index is 6.28. The van der Waals surface area contributed by atoms with Crippen LogP contribution in [0.3, 0.4) is 0 Å². The van der Waals surface area contributed by atoms with Crippen molar-refractivity contribution in [3.05, 3.63) is 0 Å². The first kappa shape index (κ1) is 15.8. The molecule has 2 saturated heterocycles. The third-order valence-electron chi connectivity index (χ3n) is 6.40. The summed E-state index contributed by atoms with van der Waals surface area (Å²) in [7, 11) is 0. The van der Waals surface area contributed by atoms with Crippen molar-refractivity contribution in [2.24, 2.45) is 0 Å². The van der Waals surface area contributed by atoms with Crippen molar-refractivity contribution >= 4 is 0 Å². The lowest BCUT2D eigenvalue weighted by Crippen LogP contribution is -2.69. The highest BCUT2D eigenvalue weighted by Crippen LogP contribution is 2.38. The van der Waals surface area contributed by atoms with Crippen molar-refractivity contribution in [3.8, 4) is 0 Å². The summed E-state index contributed by atoms with van der Waals surface area (Å²) in [5.74, 6) is 0. The van der Waals surface area contributed by atoms with Crippen molar-refractivity contribution in [1.29, 1.82) is 0 Å². The van der Waals surface area contributed by atoms with Crippen molar-refractivity contribution in [1.82, 2.24) is 10.2 Å². The Morgan fingerprint density at radius 1 is 1.14 bits per heavy atom. The summed E-state index contributed by atoms with van der Waals surface area (Å²) in [6.45, 7) is 12.7. The highest BCUT2D eigenvalue weighted by atomic mass is 16.5. The molecule has 1 N–H and O–H groups in total. The normalized spacial score (nSPS) is 39.1. The molecule has 2 unspecified atom stereocenters. The number of hydrogen-bond acceptors (Lipinski definition) is 3. The average Bonchev–Trinajstić information content (AvgIpc) is 3.02. The van der Waals surface area contributed by atoms with E-state index in [0.29, 0.717) is 17.2 Å². The predicted molar refractivity (Wildman–Crippen MR) is 87.7 cm³/mol. The zero-order valence-electron chi connectivity index (χ0n) is 14.5. The van der Waals surface area contributed by atoms with Crippen LogP contribution < -0.4 is 5.32 Å². The maximum Gasteiger partial charge on any atom is 0.0710 e. The Morgan fingerprint density at radius 3 is 2.43 bits per heavy atom. The fourth-order valence-electron chi connectivity index (χ4n) is 4.57. The standard InChI is InChI=1S/C18H34N2O/c1-5-17(4)13-19-18(9-6-7-10-18)14-20(17)12-15-8-11-16(2,3)21-15/h15,19H,5-14H2,1-4H3. The highest BCUT2D eigenvalue weighted by molar-refractivity contribution is 5.05. The fourth-order valence-corrected chi connectivity index (χ4v) is 4.57. The Bertz CT molecular complexity index is 375. The van der Waals surface area contributed by atoms with E-state index >= 15 is 0 Å². The van der Waals surface area contributed by atoms with Gasteiger partial charge in [-0.2, -0.15) is 0 Å². The highest BCUT2D eigenvalue weighted by Gasteiger charge is 2.46. The number of hydrogen-bond donors (Lipinski definition) is 1. The number of piperazine rings is 1. The SMILES string of the molecule is CCC1(C)CNC2(CCCC2)CN1CC1CCC(C)(C)O1. The monoisotopic (exact) mass is 294 g/mol. The molecule has 3 heteroatoms. The second kappa shape index (κ2) is 5.50. The molecule has 21 heavy (non-hydrogen) atoms. The van der Waals surface area contributed by atoms with Crippen LogP contribution in [-0.2, 0) is 4.74 Å². The molecule has 2 heterocycles. The van der Waals surface area contributed by atoms with Gasteiger partial charge in [-0.15, -0.1) is 0 Å². The molecule has 3 rings (SSSR count). The molecular weight excluding hydrogens is 260 g/mol. The van der Waals surface area contributed by atoms with Crippen LogP contribution in [-0.4, -0.2) is 47.3 Å². The minimum atomic E-state index is 0.0896. The van der Waals surface area contributed by atoms with Gasteiger partial charge < -0.3 is 10.1 Å². The molecule has 1 saturated carbocycles. The molecule has 1 spiro atoms. The van der Waals surface area contributed by atoms with E-state index in [1.54, 1.807) is 0 Å². The first-order valence-corrected chi connectivity index (χ1v) is 9.04. The summed E-state index contributed by atoms with van der Waals surface area (Å²) >= 11 is 0. The van der Waals surface area contributed by atoms with Gasteiger partial charge in [0.2, 0.25) is 0 Å². The Labute approximate surface area is 130 Å². The van der Waals surface area contributed by atoms with Crippen LogP contribution in [0, 0.1) is 0 Å². The van der Waals surface area contributed by atoms with E-state index in [1.807, 2.05) is 0 Å². The summed E-state index contributed by atoms with van der Waals surface area (Å²) < 4.78 is 6.28. The molecule has 0 aromatic rings. The Morgan fingerprint density at radius 2 is 1.86 bits per heavy atom. The molecule has 0 aromatic heterocycles. The Balaban J connectivity index is 1.69. The summed E-state index contributed by atoms with van der Waals surface area (Å²) in [5.41, 5.74) is 0.791. The number of nitrogens with one attached hydrogen (secondary N) is 1. The third-order valence-corrected chi connectivity index (χ3v) is 6.40. The third kappa shape index (κ3) is 3.16. The quantitative estimate of drug-likeness (QED) is 0.864. The van der Waals surface area contributed by atoms with Gasteiger partial charge in [-0.05, 0) is 52.9 Å². The number of nitrogens with zero attached hydrogens (tertiary/aromatic N) is 1.